The van der Waals surface area contributed by atoms with Crippen molar-refractivity contribution in [2.75, 3.05) is 24.9 Å². The molecule has 0 spiro atoms. The normalized spacial score (nSPS) is 23.6. The average Bonchev–Trinajstić information content (AvgIpc) is 2.84. The molecule has 2 unspecified atom stereocenters. The lowest BCUT2D eigenvalue weighted by Gasteiger charge is -2.18. The molecule has 1 heterocycles. The van der Waals surface area contributed by atoms with Gasteiger partial charge in [0, 0.05) is 30.4 Å². The average molecular weight is 255 g/mol. The topological polar surface area (TPSA) is 34.1 Å². The summed E-state index contributed by atoms with van der Waals surface area (Å²) in [6, 6.07) is 3.89. The minimum atomic E-state index is 0.648. The van der Waals surface area contributed by atoms with E-state index in [9.17, 15) is 0 Å². The van der Waals surface area contributed by atoms with E-state index < -0.39 is 0 Å². The van der Waals surface area contributed by atoms with Crippen LogP contribution in [0.3, 0.4) is 0 Å². The fraction of sp³-hybridized carbons (Fsp3) is 0.615. The van der Waals surface area contributed by atoms with Gasteiger partial charge in [-0.2, -0.15) is 0 Å². The summed E-state index contributed by atoms with van der Waals surface area (Å²) in [7, 11) is 1.63. The van der Waals surface area contributed by atoms with Crippen LogP contribution in [0.25, 0.3) is 0 Å². The Kier molecular flexibility index (Phi) is 4.49. The molecule has 17 heavy (non-hydrogen) atoms. The lowest BCUT2D eigenvalue weighted by Crippen LogP contribution is -2.19. The van der Waals surface area contributed by atoms with Crippen LogP contribution < -0.4 is 10.1 Å². The van der Waals surface area contributed by atoms with Gasteiger partial charge in [-0.15, -0.1) is 11.6 Å². The van der Waals surface area contributed by atoms with Gasteiger partial charge in [0.2, 0.25) is 5.88 Å². The van der Waals surface area contributed by atoms with E-state index in [-0.39, 0.29) is 0 Å². The molecule has 0 aromatic carbocycles. The Morgan fingerprint density at radius 2 is 2.29 bits per heavy atom. The van der Waals surface area contributed by atoms with Crippen LogP contribution in [-0.2, 0) is 0 Å². The van der Waals surface area contributed by atoms with Gasteiger partial charge < -0.3 is 10.1 Å². The van der Waals surface area contributed by atoms with E-state index >= 15 is 0 Å². The first-order valence-corrected chi connectivity index (χ1v) is 6.67. The zero-order valence-electron chi connectivity index (χ0n) is 10.2. The number of aromatic nitrogens is 1. The van der Waals surface area contributed by atoms with Crippen LogP contribution >= 0.6 is 11.6 Å². The van der Waals surface area contributed by atoms with Crippen molar-refractivity contribution in [1.29, 1.82) is 0 Å². The first kappa shape index (κ1) is 12.5. The Morgan fingerprint density at radius 1 is 1.47 bits per heavy atom. The van der Waals surface area contributed by atoms with Crippen molar-refractivity contribution in [3.05, 3.63) is 18.3 Å². The van der Waals surface area contributed by atoms with Gasteiger partial charge in [-0.25, -0.2) is 4.98 Å². The number of methoxy groups -OCH3 is 1. The minimum absolute atomic E-state index is 0.648. The molecule has 0 amide bonds. The molecule has 0 bridgehead atoms. The summed E-state index contributed by atoms with van der Waals surface area (Å²) < 4.78 is 5.10. The monoisotopic (exact) mass is 254 g/mol. The summed E-state index contributed by atoms with van der Waals surface area (Å²) >= 11 is 5.97. The van der Waals surface area contributed by atoms with Crippen molar-refractivity contribution in [2.24, 2.45) is 11.8 Å². The first-order valence-electron chi connectivity index (χ1n) is 6.13. The van der Waals surface area contributed by atoms with E-state index in [2.05, 4.69) is 10.3 Å². The fourth-order valence-electron chi connectivity index (χ4n) is 2.47. The van der Waals surface area contributed by atoms with Gasteiger partial charge in [0.1, 0.15) is 0 Å². The molecule has 1 fully saturated rings. The summed E-state index contributed by atoms with van der Waals surface area (Å²) in [5, 5.41) is 3.45. The maximum absolute atomic E-state index is 5.97. The molecule has 0 aliphatic heterocycles. The van der Waals surface area contributed by atoms with Crippen molar-refractivity contribution in [3.63, 3.8) is 0 Å². The lowest BCUT2D eigenvalue weighted by molar-refractivity contribution is 0.398. The first-order chi connectivity index (χ1) is 8.33. The van der Waals surface area contributed by atoms with E-state index in [0.29, 0.717) is 17.7 Å². The number of hydrogen-bond acceptors (Lipinski definition) is 3. The third kappa shape index (κ3) is 3.25. The van der Waals surface area contributed by atoms with Crippen LogP contribution in [0.15, 0.2) is 18.3 Å². The second-order valence-electron chi connectivity index (χ2n) is 4.57. The molecule has 94 valence electrons. The minimum Gasteiger partial charge on any atom is -0.481 e. The smallest absolute Gasteiger partial charge is 0.214 e. The molecule has 1 aliphatic rings. The second-order valence-corrected chi connectivity index (χ2v) is 4.88. The van der Waals surface area contributed by atoms with E-state index in [1.165, 1.54) is 19.3 Å². The Hall–Kier alpha value is -0.960. The predicted molar refractivity (Wildman–Crippen MR) is 70.8 cm³/mol. The summed E-state index contributed by atoms with van der Waals surface area (Å²) in [6.45, 7) is 0.991. The number of ether oxygens (including phenoxy) is 1. The molecular formula is C13H19ClN2O. The van der Waals surface area contributed by atoms with Crippen LogP contribution in [0.1, 0.15) is 19.3 Å². The van der Waals surface area contributed by atoms with Gasteiger partial charge in [0.15, 0.2) is 0 Å². The van der Waals surface area contributed by atoms with Crippen molar-refractivity contribution in [1.82, 2.24) is 4.98 Å². The number of rotatable bonds is 5. The molecule has 1 aliphatic carbocycles. The molecule has 1 aromatic rings. The Balaban J connectivity index is 1.88. The molecule has 0 radical (unpaired) electrons. The number of halogens is 1. The fourth-order valence-corrected chi connectivity index (χ4v) is 2.87. The highest BCUT2D eigenvalue weighted by molar-refractivity contribution is 6.18. The van der Waals surface area contributed by atoms with Gasteiger partial charge in [0.05, 0.1) is 7.11 Å². The van der Waals surface area contributed by atoms with Crippen molar-refractivity contribution < 1.29 is 4.74 Å². The molecule has 2 rings (SSSR count). The van der Waals surface area contributed by atoms with Crippen LogP contribution in [-0.4, -0.2) is 24.5 Å². The third-order valence-corrected chi connectivity index (χ3v) is 3.92. The second kappa shape index (κ2) is 6.10. The van der Waals surface area contributed by atoms with E-state index in [0.717, 1.165) is 18.1 Å². The van der Waals surface area contributed by atoms with Crippen molar-refractivity contribution >= 4 is 17.3 Å². The lowest BCUT2D eigenvalue weighted by atomic mass is 9.98. The summed E-state index contributed by atoms with van der Waals surface area (Å²) in [6.07, 6.45) is 5.63. The summed E-state index contributed by atoms with van der Waals surface area (Å²) in [5.74, 6) is 2.81. The standard InChI is InChI=1S/C13H19ClN2O/c1-17-13-7-12(5-6-15-13)16-9-11-4-2-3-10(11)8-14/h5-7,10-11H,2-4,8-9H2,1H3,(H,15,16). The molecule has 1 N–H and O–H groups in total. The van der Waals surface area contributed by atoms with Crippen LogP contribution in [0.5, 0.6) is 5.88 Å². The van der Waals surface area contributed by atoms with Gasteiger partial charge in [-0.1, -0.05) is 6.42 Å². The highest BCUT2D eigenvalue weighted by Gasteiger charge is 2.25. The largest absolute Gasteiger partial charge is 0.481 e. The Labute approximate surface area is 108 Å². The molecule has 0 saturated heterocycles. The number of pyridine rings is 1. The van der Waals surface area contributed by atoms with Crippen LogP contribution in [0.4, 0.5) is 5.69 Å². The SMILES string of the molecule is COc1cc(NCC2CCCC2CCl)ccn1. The molecule has 1 aromatic heterocycles. The zero-order chi connectivity index (χ0) is 12.1. The number of anilines is 1. The number of hydrogen-bond donors (Lipinski definition) is 1. The van der Waals surface area contributed by atoms with Crippen molar-refractivity contribution in [2.45, 2.75) is 19.3 Å². The van der Waals surface area contributed by atoms with Gasteiger partial charge in [-0.05, 0) is 30.7 Å². The maximum atomic E-state index is 5.97. The third-order valence-electron chi connectivity index (χ3n) is 3.53. The Morgan fingerprint density at radius 3 is 3.06 bits per heavy atom. The number of alkyl halides is 1. The van der Waals surface area contributed by atoms with E-state index in [1.807, 2.05) is 12.1 Å². The van der Waals surface area contributed by atoms with Gasteiger partial charge in [0.25, 0.3) is 0 Å². The predicted octanol–water partition coefficient (Wildman–Crippen LogP) is 3.16. The van der Waals surface area contributed by atoms with E-state index in [4.69, 9.17) is 16.3 Å². The summed E-state index contributed by atoms with van der Waals surface area (Å²) in [5.41, 5.74) is 1.07. The Bertz CT molecular complexity index is 359. The maximum Gasteiger partial charge on any atom is 0.214 e. The molecule has 3 nitrogen and oxygen atoms in total. The number of nitrogens with zero attached hydrogens (tertiary/aromatic N) is 1. The molecule has 4 heteroatoms. The van der Waals surface area contributed by atoms with Crippen LogP contribution in [0.2, 0.25) is 0 Å². The molecule has 2 atom stereocenters. The highest BCUT2D eigenvalue weighted by Crippen LogP contribution is 2.32. The zero-order valence-corrected chi connectivity index (χ0v) is 10.9. The highest BCUT2D eigenvalue weighted by atomic mass is 35.5. The van der Waals surface area contributed by atoms with Gasteiger partial charge >= 0.3 is 0 Å². The molecule has 1 saturated carbocycles. The number of nitrogens with one attached hydrogen (secondary N) is 1. The summed E-state index contributed by atoms with van der Waals surface area (Å²) in [4.78, 5) is 4.09. The molecular weight excluding hydrogens is 236 g/mol. The van der Waals surface area contributed by atoms with Crippen LogP contribution in [0, 0.1) is 11.8 Å². The quantitative estimate of drug-likeness (QED) is 0.820. The van der Waals surface area contributed by atoms with Crippen molar-refractivity contribution in [3.8, 4) is 5.88 Å². The van der Waals surface area contributed by atoms with E-state index in [1.54, 1.807) is 13.3 Å². The van der Waals surface area contributed by atoms with Gasteiger partial charge in [-0.3, -0.25) is 0 Å².